The predicted octanol–water partition coefficient (Wildman–Crippen LogP) is 4.66. The topological polar surface area (TPSA) is 58.6 Å². The molecule has 0 radical (unpaired) electrons. The Hall–Kier alpha value is -2.70. The van der Waals surface area contributed by atoms with Crippen LogP contribution in [0.2, 0.25) is 5.02 Å². The van der Waals surface area contributed by atoms with E-state index in [9.17, 15) is 9.59 Å². The Bertz CT molecular complexity index is 1020. The van der Waals surface area contributed by atoms with Gasteiger partial charge in [0.1, 0.15) is 11.3 Å². The molecule has 150 valence electrons. The van der Waals surface area contributed by atoms with Gasteiger partial charge in [0.25, 0.3) is 11.8 Å². The Balaban J connectivity index is 1.95. The fourth-order valence-corrected chi connectivity index (χ4v) is 3.37. The third kappa shape index (κ3) is 4.49. The van der Waals surface area contributed by atoms with E-state index in [-0.39, 0.29) is 16.8 Å². The Morgan fingerprint density at radius 1 is 1.24 bits per heavy atom. The van der Waals surface area contributed by atoms with Crippen LogP contribution in [0.15, 0.2) is 48.0 Å². The van der Waals surface area contributed by atoms with Crippen LogP contribution in [0.3, 0.4) is 0 Å². The van der Waals surface area contributed by atoms with Crippen molar-refractivity contribution in [2.45, 2.75) is 33.3 Å². The van der Waals surface area contributed by atoms with Crippen molar-refractivity contribution in [1.82, 2.24) is 5.32 Å². The van der Waals surface area contributed by atoms with Gasteiger partial charge in [0, 0.05) is 0 Å². The number of hydrogen-bond acceptors (Lipinski definition) is 4. The van der Waals surface area contributed by atoms with E-state index in [4.69, 9.17) is 28.6 Å². The first-order valence-electron chi connectivity index (χ1n) is 9.25. The van der Waals surface area contributed by atoms with Crippen LogP contribution in [-0.4, -0.2) is 23.0 Å². The molecule has 2 amide bonds. The zero-order chi connectivity index (χ0) is 21.1. The maximum Gasteiger partial charge on any atom is 0.270 e. The Morgan fingerprint density at radius 3 is 2.62 bits per heavy atom. The van der Waals surface area contributed by atoms with E-state index < -0.39 is 11.8 Å². The van der Waals surface area contributed by atoms with Crippen LogP contribution in [0.1, 0.15) is 31.4 Å². The smallest absolute Gasteiger partial charge is 0.270 e. The SMILES string of the molecule is CC[C@H](C)Oc1ccc(/C=C2\C(=O)NC(=S)N(c3ccccc3C)C2=O)cc1Cl. The highest BCUT2D eigenvalue weighted by Crippen LogP contribution is 2.29. The molecule has 1 heterocycles. The molecule has 29 heavy (non-hydrogen) atoms. The zero-order valence-corrected chi connectivity index (χ0v) is 17.9. The molecule has 0 saturated carbocycles. The van der Waals surface area contributed by atoms with Gasteiger partial charge < -0.3 is 4.74 Å². The lowest BCUT2D eigenvalue weighted by Crippen LogP contribution is -2.54. The summed E-state index contributed by atoms with van der Waals surface area (Å²) in [5, 5.41) is 3.06. The molecule has 2 aromatic rings. The molecule has 1 fully saturated rings. The van der Waals surface area contributed by atoms with E-state index in [0.717, 1.165) is 12.0 Å². The van der Waals surface area contributed by atoms with Crippen LogP contribution in [0, 0.1) is 6.92 Å². The van der Waals surface area contributed by atoms with E-state index in [1.54, 1.807) is 24.3 Å². The highest BCUT2D eigenvalue weighted by molar-refractivity contribution is 7.80. The van der Waals surface area contributed by atoms with Crippen LogP contribution in [0.5, 0.6) is 5.75 Å². The number of aryl methyl sites for hydroxylation is 1. The average molecular weight is 429 g/mol. The van der Waals surface area contributed by atoms with Crippen LogP contribution >= 0.6 is 23.8 Å². The maximum absolute atomic E-state index is 13.1. The number of anilines is 1. The van der Waals surface area contributed by atoms with Crippen molar-refractivity contribution >= 4 is 52.5 Å². The standard InChI is InChI=1S/C22H21ClN2O3S/c1-4-14(3)28-19-10-9-15(12-17(19)23)11-16-20(26)24-22(29)25(21(16)27)18-8-6-5-7-13(18)2/h5-12,14H,4H2,1-3H3,(H,24,26,29)/b16-11+/t14-/m0/s1. The molecule has 0 spiro atoms. The van der Waals surface area contributed by atoms with Crippen LogP contribution in [-0.2, 0) is 9.59 Å². The van der Waals surface area contributed by atoms with Crippen molar-refractivity contribution in [3.05, 3.63) is 64.2 Å². The Kier molecular flexibility index (Phi) is 6.35. The number of para-hydroxylation sites is 1. The Labute approximate surface area is 180 Å². The highest BCUT2D eigenvalue weighted by Gasteiger charge is 2.35. The predicted molar refractivity (Wildman–Crippen MR) is 119 cm³/mol. The van der Waals surface area contributed by atoms with Crippen molar-refractivity contribution in [2.75, 3.05) is 4.90 Å². The van der Waals surface area contributed by atoms with Crippen molar-refractivity contribution in [2.24, 2.45) is 0 Å². The number of amides is 2. The number of thiocarbonyl (C=S) groups is 1. The number of benzene rings is 2. The molecular weight excluding hydrogens is 408 g/mol. The molecule has 0 bridgehead atoms. The molecule has 3 rings (SSSR count). The van der Waals surface area contributed by atoms with Crippen molar-refractivity contribution in [3.8, 4) is 5.75 Å². The van der Waals surface area contributed by atoms with Crippen LogP contribution in [0.25, 0.3) is 6.08 Å². The normalized spacial score (nSPS) is 16.8. The summed E-state index contributed by atoms with van der Waals surface area (Å²) in [4.78, 5) is 26.9. The van der Waals surface area contributed by atoms with Gasteiger partial charge in [0.05, 0.1) is 16.8 Å². The summed E-state index contributed by atoms with van der Waals surface area (Å²) in [5.74, 6) is -0.463. The summed E-state index contributed by atoms with van der Waals surface area (Å²) >= 11 is 11.6. The second-order valence-electron chi connectivity index (χ2n) is 6.77. The number of carbonyl (C=O) groups is 2. The van der Waals surface area contributed by atoms with Gasteiger partial charge in [-0.05, 0) is 67.9 Å². The monoisotopic (exact) mass is 428 g/mol. The van der Waals surface area contributed by atoms with E-state index in [1.165, 1.54) is 11.0 Å². The summed E-state index contributed by atoms with van der Waals surface area (Å²) in [5.41, 5.74) is 2.09. The number of nitrogens with zero attached hydrogens (tertiary/aromatic N) is 1. The van der Waals surface area contributed by atoms with Crippen molar-refractivity contribution in [1.29, 1.82) is 0 Å². The van der Waals surface area contributed by atoms with Gasteiger partial charge >= 0.3 is 0 Å². The molecule has 1 N–H and O–H groups in total. The first kappa shape index (κ1) is 21.0. The molecule has 1 aliphatic heterocycles. The number of hydrogen-bond donors (Lipinski definition) is 1. The number of ether oxygens (including phenoxy) is 1. The maximum atomic E-state index is 13.1. The zero-order valence-electron chi connectivity index (χ0n) is 16.4. The second-order valence-corrected chi connectivity index (χ2v) is 7.56. The van der Waals surface area contributed by atoms with Gasteiger partial charge in [-0.3, -0.25) is 19.8 Å². The molecule has 7 heteroatoms. The van der Waals surface area contributed by atoms with Crippen LogP contribution < -0.4 is 15.0 Å². The van der Waals surface area contributed by atoms with E-state index in [2.05, 4.69) is 5.32 Å². The lowest BCUT2D eigenvalue weighted by molar-refractivity contribution is -0.122. The summed E-state index contributed by atoms with van der Waals surface area (Å²) in [6.45, 7) is 5.86. The molecule has 1 saturated heterocycles. The fraction of sp³-hybridized carbons (Fsp3) is 0.227. The minimum atomic E-state index is -0.541. The molecule has 0 aromatic heterocycles. The van der Waals surface area contributed by atoms with E-state index in [1.807, 2.05) is 39.0 Å². The third-order valence-corrected chi connectivity index (χ3v) is 5.21. The summed E-state index contributed by atoms with van der Waals surface area (Å²) in [6, 6.07) is 12.5. The molecule has 0 aliphatic carbocycles. The van der Waals surface area contributed by atoms with Gasteiger partial charge in [-0.2, -0.15) is 0 Å². The molecule has 1 aliphatic rings. The van der Waals surface area contributed by atoms with Crippen molar-refractivity contribution < 1.29 is 14.3 Å². The molecular formula is C22H21ClN2O3S. The van der Waals surface area contributed by atoms with E-state index in [0.29, 0.717) is 22.0 Å². The van der Waals surface area contributed by atoms with Gasteiger partial charge in [0.2, 0.25) is 0 Å². The highest BCUT2D eigenvalue weighted by atomic mass is 35.5. The minimum Gasteiger partial charge on any atom is -0.489 e. The summed E-state index contributed by atoms with van der Waals surface area (Å²) in [7, 11) is 0. The lowest BCUT2D eigenvalue weighted by Gasteiger charge is -2.30. The molecule has 2 aromatic carbocycles. The number of rotatable bonds is 5. The van der Waals surface area contributed by atoms with Crippen LogP contribution in [0.4, 0.5) is 5.69 Å². The van der Waals surface area contributed by atoms with Gasteiger partial charge in [0.15, 0.2) is 5.11 Å². The quantitative estimate of drug-likeness (QED) is 0.427. The minimum absolute atomic E-state index is 0.0199. The molecule has 1 atom stereocenters. The largest absolute Gasteiger partial charge is 0.489 e. The molecule has 0 unspecified atom stereocenters. The molecule has 5 nitrogen and oxygen atoms in total. The van der Waals surface area contributed by atoms with Gasteiger partial charge in [-0.15, -0.1) is 0 Å². The first-order valence-corrected chi connectivity index (χ1v) is 10.0. The number of nitrogens with one attached hydrogen (secondary N) is 1. The second kappa shape index (κ2) is 8.76. The van der Waals surface area contributed by atoms with Gasteiger partial charge in [-0.1, -0.05) is 42.8 Å². The lowest BCUT2D eigenvalue weighted by atomic mass is 10.1. The summed E-state index contributed by atoms with van der Waals surface area (Å²) < 4.78 is 5.76. The van der Waals surface area contributed by atoms with Crippen molar-refractivity contribution in [3.63, 3.8) is 0 Å². The third-order valence-electron chi connectivity index (χ3n) is 4.63. The fourth-order valence-electron chi connectivity index (χ4n) is 2.86. The average Bonchev–Trinajstić information content (AvgIpc) is 2.68. The number of halogens is 1. The van der Waals surface area contributed by atoms with E-state index >= 15 is 0 Å². The first-order chi connectivity index (χ1) is 13.8. The summed E-state index contributed by atoms with van der Waals surface area (Å²) in [6.07, 6.45) is 2.39. The Morgan fingerprint density at radius 2 is 1.97 bits per heavy atom. The number of carbonyl (C=O) groups excluding carboxylic acids is 2. The van der Waals surface area contributed by atoms with Gasteiger partial charge in [-0.25, -0.2) is 0 Å².